The van der Waals surface area contributed by atoms with Crippen molar-refractivity contribution in [2.24, 2.45) is 0 Å². The summed E-state index contributed by atoms with van der Waals surface area (Å²) in [5.74, 6) is 0.544. The number of carbonyl (C=O) groups is 2. The van der Waals surface area contributed by atoms with E-state index in [4.69, 9.17) is 4.74 Å². The Labute approximate surface area is 184 Å². The van der Waals surface area contributed by atoms with Crippen molar-refractivity contribution in [2.45, 2.75) is 70.5 Å². The Balaban J connectivity index is 1.33. The molecule has 0 aromatic heterocycles. The highest BCUT2D eigenvalue weighted by molar-refractivity contribution is 5.94. The number of aryl methyl sites for hydroxylation is 1. The number of hydrogen-bond donors (Lipinski definition) is 1. The van der Waals surface area contributed by atoms with Crippen molar-refractivity contribution in [1.29, 1.82) is 0 Å². The predicted molar refractivity (Wildman–Crippen MR) is 121 cm³/mol. The molecule has 1 heterocycles. The van der Waals surface area contributed by atoms with E-state index < -0.39 is 0 Å². The van der Waals surface area contributed by atoms with E-state index in [2.05, 4.69) is 37.4 Å². The monoisotopic (exact) mass is 420 g/mol. The molecule has 2 aromatic rings. The van der Waals surface area contributed by atoms with Crippen molar-refractivity contribution in [3.63, 3.8) is 0 Å². The van der Waals surface area contributed by atoms with Crippen LogP contribution in [0.5, 0.6) is 5.75 Å². The van der Waals surface area contributed by atoms with Crippen molar-refractivity contribution in [3.8, 4) is 5.75 Å². The van der Waals surface area contributed by atoms with Gasteiger partial charge >= 0.3 is 0 Å². The topological polar surface area (TPSA) is 58.6 Å². The van der Waals surface area contributed by atoms with E-state index in [1.165, 1.54) is 17.5 Å². The summed E-state index contributed by atoms with van der Waals surface area (Å²) in [6, 6.07) is 16.0. The first-order valence-electron chi connectivity index (χ1n) is 11.5. The molecular formula is C26H32N2O3. The molecule has 4 rings (SSSR count). The molecule has 0 spiro atoms. The average Bonchev–Trinajstić information content (AvgIpc) is 2.78. The highest BCUT2D eigenvalue weighted by Crippen LogP contribution is 2.30. The Kier molecular flexibility index (Phi) is 6.59. The molecule has 0 unspecified atom stereocenters. The van der Waals surface area contributed by atoms with Crippen LogP contribution in [0.2, 0.25) is 0 Å². The van der Waals surface area contributed by atoms with Gasteiger partial charge in [0.2, 0.25) is 0 Å². The number of benzene rings is 2. The fourth-order valence-electron chi connectivity index (χ4n) is 4.98. The Morgan fingerprint density at radius 1 is 0.968 bits per heavy atom. The summed E-state index contributed by atoms with van der Waals surface area (Å²) in [4.78, 5) is 27.3. The average molecular weight is 421 g/mol. The van der Waals surface area contributed by atoms with Gasteiger partial charge in [0.25, 0.3) is 11.8 Å². The van der Waals surface area contributed by atoms with E-state index in [0.717, 1.165) is 32.1 Å². The van der Waals surface area contributed by atoms with E-state index >= 15 is 0 Å². The predicted octanol–water partition coefficient (Wildman–Crippen LogP) is 4.66. The van der Waals surface area contributed by atoms with Gasteiger partial charge in [0.05, 0.1) is 6.04 Å². The van der Waals surface area contributed by atoms with Crippen LogP contribution < -0.4 is 10.1 Å². The molecule has 2 aromatic carbocycles. The summed E-state index contributed by atoms with van der Waals surface area (Å²) in [5, 5.41) is 3.17. The maximum absolute atomic E-state index is 12.8. The maximum atomic E-state index is 12.8. The molecule has 1 N–H and O–H groups in total. The number of amides is 2. The maximum Gasteiger partial charge on any atom is 0.260 e. The van der Waals surface area contributed by atoms with E-state index in [1.54, 1.807) is 24.3 Å². The lowest BCUT2D eigenvalue weighted by Gasteiger charge is -2.38. The Morgan fingerprint density at radius 3 is 2.42 bits per heavy atom. The molecular weight excluding hydrogens is 388 g/mol. The number of likely N-dealkylation sites (tertiary alicyclic amines) is 1. The molecule has 3 atom stereocenters. The lowest BCUT2D eigenvalue weighted by atomic mass is 9.87. The van der Waals surface area contributed by atoms with Gasteiger partial charge in [-0.25, -0.2) is 0 Å². The zero-order valence-corrected chi connectivity index (χ0v) is 18.5. The van der Waals surface area contributed by atoms with Crippen LogP contribution >= 0.6 is 0 Å². The fraction of sp³-hybridized carbons (Fsp3) is 0.462. The minimum absolute atomic E-state index is 0.0254. The van der Waals surface area contributed by atoms with Gasteiger partial charge in [-0.2, -0.15) is 0 Å². The van der Waals surface area contributed by atoms with Crippen molar-refractivity contribution >= 4 is 11.8 Å². The molecule has 31 heavy (non-hydrogen) atoms. The quantitative estimate of drug-likeness (QED) is 0.765. The van der Waals surface area contributed by atoms with Gasteiger partial charge in [-0.05, 0) is 87.8 Å². The third-order valence-corrected chi connectivity index (χ3v) is 6.64. The van der Waals surface area contributed by atoms with Gasteiger partial charge in [0.1, 0.15) is 5.75 Å². The Morgan fingerprint density at radius 2 is 1.68 bits per heavy atom. The van der Waals surface area contributed by atoms with Gasteiger partial charge in [-0.3, -0.25) is 9.59 Å². The molecule has 0 saturated carbocycles. The van der Waals surface area contributed by atoms with Gasteiger partial charge < -0.3 is 15.0 Å². The number of piperidine rings is 1. The molecule has 164 valence electrons. The molecule has 2 amide bonds. The number of nitrogens with one attached hydrogen (secondary N) is 1. The van der Waals surface area contributed by atoms with Crippen molar-refractivity contribution in [1.82, 2.24) is 10.2 Å². The summed E-state index contributed by atoms with van der Waals surface area (Å²) >= 11 is 0. The number of nitrogens with zero attached hydrogens (tertiary/aromatic N) is 1. The lowest BCUT2D eigenvalue weighted by Crippen LogP contribution is -2.49. The van der Waals surface area contributed by atoms with Gasteiger partial charge in [-0.1, -0.05) is 24.3 Å². The first kappa shape index (κ1) is 21.4. The number of carbonyl (C=O) groups excluding carboxylic acids is 2. The fourth-order valence-corrected chi connectivity index (χ4v) is 4.98. The van der Waals surface area contributed by atoms with Crippen molar-refractivity contribution < 1.29 is 14.3 Å². The lowest BCUT2D eigenvalue weighted by molar-refractivity contribution is -0.139. The molecule has 0 radical (unpaired) electrons. The van der Waals surface area contributed by atoms with Crippen LogP contribution in [0.1, 0.15) is 73.5 Å². The SMILES string of the molecule is C[C@@H]1CCC[C@@H](C)N1C(=O)COc1ccc(C(=O)N[C@H]2CCCc3ccccc32)cc1. The zero-order chi connectivity index (χ0) is 21.8. The number of hydrogen-bond acceptors (Lipinski definition) is 3. The molecule has 1 fully saturated rings. The highest BCUT2D eigenvalue weighted by atomic mass is 16.5. The smallest absolute Gasteiger partial charge is 0.260 e. The summed E-state index contributed by atoms with van der Waals surface area (Å²) < 4.78 is 5.73. The van der Waals surface area contributed by atoms with E-state index in [9.17, 15) is 9.59 Å². The minimum Gasteiger partial charge on any atom is -0.484 e. The first-order chi connectivity index (χ1) is 15.0. The second kappa shape index (κ2) is 9.54. The van der Waals surface area contributed by atoms with Gasteiger partial charge in [0, 0.05) is 17.6 Å². The van der Waals surface area contributed by atoms with E-state index in [1.807, 2.05) is 11.0 Å². The third-order valence-electron chi connectivity index (χ3n) is 6.64. The number of fused-ring (bicyclic) bond motifs is 1. The van der Waals surface area contributed by atoms with Crippen LogP contribution in [0.25, 0.3) is 0 Å². The standard InChI is InChI=1S/C26H32N2O3/c1-18-7-5-8-19(2)28(18)25(29)17-31-22-15-13-21(14-16-22)26(30)27-24-12-6-10-20-9-3-4-11-23(20)24/h3-4,9,11,13-16,18-19,24H,5-8,10,12,17H2,1-2H3,(H,27,30)/t18-,19-,24+/m1/s1. The van der Waals surface area contributed by atoms with E-state index in [0.29, 0.717) is 11.3 Å². The Hall–Kier alpha value is -2.82. The Bertz CT molecular complexity index is 915. The van der Waals surface area contributed by atoms with Gasteiger partial charge in [-0.15, -0.1) is 0 Å². The minimum atomic E-state index is -0.0831. The summed E-state index contributed by atoms with van der Waals surface area (Å²) in [6.45, 7) is 4.23. The van der Waals surface area contributed by atoms with Crippen LogP contribution in [0.4, 0.5) is 0 Å². The number of ether oxygens (including phenoxy) is 1. The van der Waals surface area contributed by atoms with Crippen LogP contribution in [-0.2, 0) is 11.2 Å². The molecule has 1 saturated heterocycles. The van der Waals surface area contributed by atoms with Gasteiger partial charge in [0.15, 0.2) is 6.61 Å². The largest absolute Gasteiger partial charge is 0.484 e. The molecule has 1 aliphatic heterocycles. The molecule has 1 aliphatic carbocycles. The van der Waals surface area contributed by atoms with Crippen LogP contribution in [-0.4, -0.2) is 35.4 Å². The third kappa shape index (κ3) is 4.92. The zero-order valence-electron chi connectivity index (χ0n) is 18.5. The number of rotatable bonds is 5. The molecule has 0 bridgehead atoms. The van der Waals surface area contributed by atoms with Crippen LogP contribution in [0.3, 0.4) is 0 Å². The van der Waals surface area contributed by atoms with E-state index in [-0.39, 0.29) is 36.5 Å². The molecule has 2 aliphatic rings. The first-order valence-corrected chi connectivity index (χ1v) is 11.5. The molecule has 5 heteroatoms. The molecule has 5 nitrogen and oxygen atoms in total. The van der Waals surface area contributed by atoms with Crippen LogP contribution in [0.15, 0.2) is 48.5 Å². The van der Waals surface area contributed by atoms with Crippen molar-refractivity contribution in [3.05, 3.63) is 65.2 Å². The summed E-state index contributed by atoms with van der Waals surface area (Å²) in [7, 11) is 0. The summed E-state index contributed by atoms with van der Waals surface area (Å²) in [6.07, 6.45) is 6.37. The second-order valence-corrected chi connectivity index (χ2v) is 8.86. The highest BCUT2D eigenvalue weighted by Gasteiger charge is 2.29. The van der Waals surface area contributed by atoms with Crippen molar-refractivity contribution in [2.75, 3.05) is 6.61 Å². The summed E-state index contributed by atoms with van der Waals surface area (Å²) in [5.41, 5.74) is 3.14. The normalized spacial score (nSPS) is 23.0. The second-order valence-electron chi connectivity index (χ2n) is 8.86. The van der Waals surface area contributed by atoms with Crippen LogP contribution in [0, 0.1) is 0 Å².